The molecule has 0 radical (unpaired) electrons. The minimum Gasteiger partial charge on any atom is -0.481 e. The first-order chi connectivity index (χ1) is 11.6. The number of hydrogen-bond donors (Lipinski definition) is 1. The predicted octanol–water partition coefficient (Wildman–Crippen LogP) is 2.93. The normalized spacial score (nSPS) is 10.9. The van der Waals surface area contributed by atoms with E-state index in [9.17, 15) is 4.79 Å². The van der Waals surface area contributed by atoms with Crippen LogP contribution in [0.5, 0.6) is 5.88 Å². The van der Waals surface area contributed by atoms with Gasteiger partial charge < -0.3 is 10.1 Å². The lowest BCUT2D eigenvalue weighted by Crippen LogP contribution is -2.26. The van der Waals surface area contributed by atoms with Crippen LogP contribution in [0, 0.1) is 6.92 Å². The van der Waals surface area contributed by atoms with Crippen molar-refractivity contribution in [1.82, 2.24) is 20.1 Å². The maximum atomic E-state index is 12.4. The molecule has 0 aromatic carbocycles. The van der Waals surface area contributed by atoms with Crippen molar-refractivity contribution in [3.8, 4) is 5.88 Å². The van der Waals surface area contributed by atoms with E-state index in [0.717, 1.165) is 30.5 Å². The zero-order valence-corrected chi connectivity index (χ0v) is 14.9. The van der Waals surface area contributed by atoms with Gasteiger partial charge in [-0.2, -0.15) is 5.10 Å². The van der Waals surface area contributed by atoms with Crippen LogP contribution in [-0.4, -0.2) is 34.3 Å². The Labute approximate surface area is 143 Å². The van der Waals surface area contributed by atoms with Crippen LogP contribution in [0.4, 0.5) is 0 Å². The van der Waals surface area contributed by atoms with Gasteiger partial charge in [-0.05, 0) is 37.8 Å². The van der Waals surface area contributed by atoms with Crippen LogP contribution in [-0.2, 0) is 6.42 Å². The molecule has 130 valence electrons. The molecule has 0 aliphatic carbocycles. The van der Waals surface area contributed by atoms with Gasteiger partial charge >= 0.3 is 0 Å². The van der Waals surface area contributed by atoms with E-state index in [1.165, 1.54) is 0 Å². The molecule has 2 heterocycles. The van der Waals surface area contributed by atoms with Crippen LogP contribution < -0.4 is 10.1 Å². The van der Waals surface area contributed by atoms with Crippen LogP contribution in [0.25, 0.3) is 0 Å². The fraction of sp³-hybridized carbons (Fsp3) is 0.500. The lowest BCUT2D eigenvalue weighted by molar-refractivity contribution is 0.0953. The van der Waals surface area contributed by atoms with Gasteiger partial charge in [0.15, 0.2) is 0 Å². The van der Waals surface area contributed by atoms with Crippen molar-refractivity contribution in [1.29, 1.82) is 0 Å². The van der Waals surface area contributed by atoms with Gasteiger partial charge in [-0.3, -0.25) is 9.48 Å². The highest BCUT2D eigenvalue weighted by atomic mass is 16.5. The van der Waals surface area contributed by atoms with Crippen molar-refractivity contribution in [2.45, 2.75) is 46.1 Å². The smallest absolute Gasteiger partial charge is 0.254 e. The van der Waals surface area contributed by atoms with Gasteiger partial charge in [0.1, 0.15) is 0 Å². The molecule has 1 amide bonds. The second kappa shape index (κ2) is 8.47. The highest BCUT2D eigenvalue weighted by Crippen LogP contribution is 2.19. The van der Waals surface area contributed by atoms with Crippen molar-refractivity contribution >= 4 is 5.91 Å². The largest absolute Gasteiger partial charge is 0.481 e. The number of ether oxygens (including phenoxy) is 1. The fourth-order valence-corrected chi connectivity index (χ4v) is 2.78. The number of carbonyl (C=O) groups is 1. The van der Waals surface area contributed by atoms with Crippen molar-refractivity contribution in [2.24, 2.45) is 0 Å². The zero-order chi connectivity index (χ0) is 17.5. The third-order valence-electron chi connectivity index (χ3n) is 4.29. The van der Waals surface area contributed by atoms with Crippen LogP contribution in [0.15, 0.2) is 24.5 Å². The molecule has 0 aliphatic rings. The van der Waals surface area contributed by atoms with Crippen LogP contribution >= 0.6 is 0 Å². The number of nitrogens with one attached hydrogen (secondary N) is 1. The maximum absolute atomic E-state index is 12.4. The van der Waals surface area contributed by atoms with Crippen molar-refractivity contribution in [2.75, 3.05) is 13.7 Å². The topological polar surface area (TPSA) is 69.0 Å². The van der Waals surface area contributed by atoms with Crippen molar-refractivity contribution in [3.63, 3.8) is 0 Å². The molecule has 1 N–H and O–H groups in total. The first-order valence-corrected chi connectivity index (χ1v) is 8.41. The minimum absolute atomic E-state index is 0.0780. The molecule has 0 unspecified atom stereocenters. The summed E-state index contributed by atoms with van der Waals surface area (Å²) in [5.74, 6) is 0.506. The molecule has 0 saturated carbocycles. The number of rotatable bonds is 8. The predicted molar refractivity (Wildman–Crippen MR) is 93.4 cm³/mol. The SMILES string of the molecule is CCC(CC)n1ncc(C(=O)NCCc2ccnc(OC)c2)c1C. The number of nitrogens with zero attached hydrogens (tertiary/aromatic N) is 3. The first kappa shape index (κ1) is 18.0. The summed E-state index contributed by atoms with van der Waals surface area (Å²) in [5, 5.41) is 7.36. The molecule has 2 rings (SSSR count). The summed E-state index contributed by atoms with van der Waals surface area (Å²) in [4.78, 5) is 16.5. The van der Waals surface area contributed by atoms with Gasteiger partial charge in [-0.1, -0.05) is 13.8 Å². The second-order valence-corrected chi connectivity index (χ2v) is 5.77. The molecule has 0 saturated heterocycles. The number of aromatic nitrogens is 3. The van der Waals surface area contributed by atoms with E-state index in [4.69, 9.17) is 4.74 Å². The summed E-state index contributed by atoms with van der Waals surface area (Å²) < 4.78 is 7.07. The minimum atomic E-state index is -0.0780. The van der Waals surface area contributed by atoms with E-state index < -0.39 is 0 Å². The third-order valence-corrected chi connectivity index (χ3v) is 4.29. The van der Waals surface area contributed by atoms with E-state index in [1.54, 1.807) is 19.5 Å². The molecule has 0 spiro atoms. The summed E-state index contributed by atoms with van der Waals surface area (Å²) in [6, 6.07) is 4.14. The van der Waals surface area contributed by atoms with Gasteiger partial charge in [0.25, 0.3) is 5.91 Å². The lowest BCUT2D eigenvalue weighted by Gasteiger charge is -2.15. The molecule has 2 aromatic heterocycles. The molecule has 0 bridgehead atoms. The molecular weight excluding hydrogens is 304 g/mol. The van der Waals surface area contributed by atoms with E-state index in [0.29, 0.717) is 24.0 Å². The van der Waals surface area contributed by atoms with Gasteiger partial charge in [0.2, 0.25) is 5.88 Å². The zero-order valence-electron chi connectivity index (χ0n) is 14.9. The van der Waals surface area contributed by atoms with Crippen molar-refractivity contribution < 1.29 is 9.53 Å². The maximum Gasteiger partial charge on any atom is 0.254 e. The van der Waals surface area contributed by atoms with E-state index >= 15 is 0 Å². The quantitative estimate of drug-likeness (QED) is 0.808. The average Bonchev–Trinajstić information content (AvgIpc) is 2.98. The number of amides is 1. The third kappa shape index (κ3) is 4.13. The molecule has 0 fully saturated rings. The number of carbonyl (C=O) groups excluding carboxylic acids is 1. The fourth-order valence-electron chi connectivity index (χ4n) is 2.78. The lowest BCUT2D eigenvalue weighted by atomic mass is 10.1. The van der Waals surface area contributed by atoms with E-state index in [2.05, 4.69) is 29.2 Å². The molecule has 24 heavy (non-hydrogen) atoms. The molecular formula is C18H26N4O2. The molecule has 6 heteroatoms. The summed E-state index contributed by atoms with van der Waals surface area (Å²) in [5.41, 5.74) is 2.65. The first-order valence-electron chi connectivity index (χ1n) is 8.41. The highest BCUT2D eigenvalue weighted by molar-refractivity contribution is 5.95. The Kier molecular flexibility index (Phi) is 6.35. The van der Waals surface area contributed by atoms with Crippen molar-refractivity contribution in [3.05, 3.63) is 41.3 Å². The summed E-state index contributed by atoms with van der Waals surface area (Å²) in [7, 11) is 1.59. The number of hydrogen-bond acceptors (Lipinski definition) is 4. The Balaban J connectivity index is 1.95. The summed E-state index contributed by atoms with van der Waals surface area (Å²) in [6.45, 7) is 6.78. The average molecular weight is 330 g/mol. The summed E-state index contributed by atoms with van der Waals surface area (Å²) in [6.07, 6.45) is 6.11. The molecule has 0 atom stereocenters. The Bertz CT molecular complexity index is 677. The van der Waals surface area contributed by atoms with E-state index in [1.807, 2.05) is 23.7 Å². The van der Waals surface area contributed by atoms with Gasteiger partial charge in [0, 0.05) is 24.5 Å². The van der Waals surface area contributed by atoms with E-state index in [-0.39, 0.29) is 5.91 Å². The molecule has 6 nitrogen and oxygen atoms in total. The Hall–Kier alpha value is -2.37. The highest BCUT2D eigenvalue weighted by Gasteiger charge is 2.17. The Morgan fingerprint density at radius 1 is 1.38 bits per heavy atom. The Morgan fingerprint density at radius 3 is 2.79 bits per heavy atom. The molecule has 0 aliphatic heterocycles. The number of pyridine rings is 1. The molecule has 2 aromatic rings. The monoisotopic (exact) mass is 330 g/mol. The van der Waals surface area contributed by atoms with Gasteiger partial charge in [-0.25, -0.2) is 4.98 Å². The standard InChI is InChI=1S/C18H26N4O2/c1-5-15(6-2)22-13(3)16(12-21-22)18(23)20-10-8-14-7-9-19-17(11-14)24-4/h7,9,11-12,15H,5-6,8,10H2,1-4H3,(H,20,23). The van der Waals surface area contributed by atoms with Gasteiger partial charge in [-0.15, -0.1) is 0 Å². The van der Waals surface area contributed by atoms with Crippen LogP contribution in [0.2, 0.25) is 0 Å². The Morgan fingerprint density at radius 2 is 2.12 bits per heavy atom. The summed E-state index contributed by atoms with van der Waals surface area (Å²) >= 11 is 0. The van der Waals surface area contributed by atoms with Crippen LogP contribution in [0.3, 0.4) is 0 Å². The second-order valence-electron chi connectivity index (χ2n) is 5.77. The van der Waals surface area contributed by atoms with Gasteiger partial charge in [0.05, 0.1) is 24.9 Å². The van der Waals surface area contributed by atoms with Crippen LogP contribution in [0.1, 0.15) is 54.3 Å². The number of methoxy groups -OCH3 is 1.